The zero-order chi connectivity index (χ0) is 30.0. The van der Waals surface area contributed by atoms with E-state index in [0.717, 1.165) is 37.9 Å². The van der Waals surface area contributed by atoms with Gasteiger partial charge >= 0.3 is 17.6 Å². The molecular formula is C28H40F2N4O7. The van der Waals surface area contributed by atoms with Crippen LogP contribution in [0.1, 0.15) is 83.8 Å². The maximum Gasteiger partial charge on any atom is 0.351 e. The van der Waals surface area contributed by atoms with Gasteiger partial charge in [-0.25, -0.2) is 9.59 Å². The van der Waals surface area contributed by atoms with Crippen molar-refractivity contribution in [2.24, 2.45) is 0 Å². The molecule has 0 aromatic carbocycles. The summed E-state index contributed by atoms with van der Waals surface area (Å²) in [5.41, 5.74) is -2.69. The largest absolute Gasteiger partial charge is 0.478 e. The quantitative estimate of drug-likeness (QED) is 0.184. The summed E-state index contributed by atoms with van der Waals surface area (Å²) in [6.07, 6.45) is 9.97. The van der Waals surface area contributed by atoms with Gasteiger partial charge < -0.3 is 30.7 Å². The fraction of sp³-hybridized carbons (Fsp3) is 0.643. The topological polar surface area (TPSA) is 163 Å². The van der Waals surface area contributed by atoms with Crippen LogP contribution in [-0.2, 0) is 14.3 Å². The first-order valence-electron chi connectivity index (χ1n) is 14.2. The minimum absolute atomic E-state index is 0.0769. The molecule has 13 heteroatoms. The number of hydrogen-bond acceptors (Lipinski definition) is 8. The van der Waals surface area contributed by atoms with E-state index in [1.165, 1.54) is 50.5 Å². The molecule has 2 aliphatic heterocycles. The van der Waals surface area contributed by atoms with Crippen molar-refractivity contribution in [3.05, 3.63) is 46.7 Å². The number of carboxylic acids is 1. The first-order chi connectivity index (χ1) is 19.6. The molecule has 3 rings (SSSR count). The van der Waals surface area contributed by atoms with Crippen LogP contribution in [0.3, 0.4) is 0 Å². The Hall–Kier alpha value is -3.16. The summed E-state index contributed by atoms with van der Waals surface area (Å²) in [7, 11) is 0. The molecule has 1 aromatic rings. The highest BCUT2D eigenvalue weighted by atomic mass is 19.3. The Morgan fingerprint density at radius 2 is 1.76 bits per heavy atom. The van der Waals surface area contributed by atoms with Gasteiger partial charge in [0, 0.05) is 6.20 Å². The number of nitrogens with one attached hydrogen (secondary N) is 2. The number of aliphatic carboxylic acids is 1. The summed E-state index contributed by atoms with van der Waals surface area (Å²) < 4.78 is 34.4. The molecule has 0 saturated carbocycles. The second-order valence-corrected chi connectivity index (χ2v) is 10.6. The molecule has 0 aliphatic carbocycles. The lowest BCUT2D eigenvalue weighted by Crippen LogP contribution is -2.53. The number of aliphatic hydroxyl groups excluding tert-OH is 2. The predicted molar refractivity (Wildman–Crippen MR) is 146 cm³/mol. The molecule has 4 atom stereocenters. The van der Waals surface area contributed by atoms with Gasteiger partial charge in [0.15, 0.2) is 6.10 Å². The number of rotatable bonds is 16. The van der Waals surface area contributed by atoms with Crippen molar-refractivity contribution < 1.29 is 38.4 Å². The summed E-state index contributed by atoms with van der Waals surface area (Å²) in [5.74, 6) is -5.98. The minimum atomic E-state index is -3.88. The third-order valence-electron chi connectivity index (χ3n) is 7.47. The standard InChI is InChI=1S/C28H40F2N4O7/c1-2-3-4-5-6-7-8-9-10-11-14-27(17-19(23(37)38)12-15-31-27)24(39)32-21-13-16-34(26(40)33-21)25-28(29,30)22(36)20(18-35)41-25/h12-13,15-17,20,22,25,31,35-36H,2-11,14,18H2,1H3,(H,37,38)(H,32,33,39,40)/t20-,22-,25-,27?/m1/s1. The first kappa shape index (κ1) is 32.4. The smallest absolute Gasteiger partial charge is 0.351 e. The SMILES string of the molecule is CCCCCCCCCCCCC1(C(=O)Nc2ccn([C@@H]3O[C@H](CO)[C@@H](O)C3(F)F)c(=O)n2)C=C(C(=O)O)C=CN1. The van der Waals surface area contributed by atoms with Crippen molar-refractivity contribution in [1.29, 1.82) is 0 Å². The van der Waals surface area contributed by atoms with Crippen LogP contribution in [0.4, 0.5) is 14.6 Å². The van der Waals surface area contributed by atoms with Gasteiger partial charge in [0.2, 0.25) is 6.23 Å². The molecule has 41 heavy (non-hydrogen) atoms. The lowest BCUT2D eigenvalue weighted by Gasteiger charge is -2.32. The fourth-order valence-electron chi connectivity index (χ4n) is 5.06. The van der Waals surface area contributed by atoms with Crippen LogP contribution in [0, 0.1) is 0 Å². The molecule has 11 nitrogen and oxygen atoms in total. The lowest BCUT2D eigenvalue weighted by molar-refractivity contribution is -0.141. The van der Waals surface area contributed by atoms with E-state index < -0.39 is 54.1 Å². The normalized spacial score (nSPS) is 25.0. The average molecular weight is 583 g/mol. The molecule has 0 spiro atoms. The van der Waals surface area contributed by atoms with E-state index in [4.69, 9.17) is 4.74 Å². The Morgan fingerprint density at radius 1 is 1.12 bits per heavy atom. The Bertz CT molecular complexity index is 1170. The number of anilines is 1. The zero-order valence-electron chi connectivity index (χ0n) is 23.2. The summed E-state index contributed by atoms with van der Waals surface area (Å²) in [5, 5.41) is 33.9. The van der Waals surface area contributed by atoms with Crippen molar-refractivity contribution in [2.75, 3.05) is 11.9 Å². The van der Waals surface area contributed by atoms with E-state index in [1.54, 1.807) is 0 Å². The molecule has 0 bridgehead atoms. The number of dihydropyridines is 1. The number of carboxylic acid groups (broad SMARTS) is 1. The Balaban J connectivity index is 1.66. The first-order valence-corrected chi connectivity index (χ1v) is 14.2. The Labute approximate surface area is 237 Å². The van der Waals surface area contributed by atoms with Crippen LogP contribution in [-0.4, -0.2) is 67.0 Å². The maximum atomic E-state index is 14.5. The van der Waals surface area contributed by atoms with Gasteiger partial charge in [0.05, 0.1) is 12.2 Å². The number of aliphatic hydroxyl groups is 2. The molecule has 3 heterocycles. The van der Waals surface area contributed by atoms with Crippen LogP contribution in [0.5, 0.6) is 0 Å². The van der Waals surface area contributed by atoms with Gasteiger partial charge in [-0.15, -0.1) is 0 Å². The summed E-state index contributed by atoms with van der Waals surface area (Å²) in [6.45, 7) is 1.31. The third kappa shape index (κ3) is 7.98. The third-order valence-corrected chi connectivity index (χ3v) is 7.47. The van der Waals surface area contributed by atoms with Crippen LogP contribution in [0.2, 0.25) is 0 Å². The van der Waals surface area contributed by atoms with E-state index in [-0.39, 0.29) is 17.8 Å². The Morgan fingerprint density at radius 3 is 2.32 bits per heavy atom. The minimum Gasteiger partial charge on any atom is -0.478 e. The number of carbonyl (C=O) groups excluding carboxylic acids is 1. The molecule has 1 unspecified atom stereocenters. The molecule has 228 valence electrons. The van der Waals surface area contributed by atoms with Gasteiger partial charge in [-0.2, -0.15) is 13.8 Å². The number of alkyl halides is 2. The van der Waals surface area contributed by atoms with Crippen molar-refractivity contribution in [2.45, 2.75) is 107 Å². The molecule has 5 N–H and O–H groups in total. The van der Waals surface area contributed by atoms with E-state index in [2.05, 4.69) is 22.5 Å². The van der Waals surface area contributed by atoms with Gasteiger partial charge in [-0.05, 0) is 30.8 Å². The number of halogens is 2. The van der Waals surface area contributed by atoms with E-state index >= 15 is 0 Å². The number of hydrogen-bond donors (Lipinski definition) is 5. The summed E-state index contributed by atoms with van der Waals surface area (Å²) in [6, 6.07) is 1.12. The molecule has 1 saturated heterocycles. The Kier molecular flexibility index (Phi) is 11.6. The number of ether oxygens (including phenoxy) is 1. The van der Waals surface area contributed by atoms with Gasteiger partial charge in [-0.3, -0.25) is 9.36 Å². The molecule has 0 radical (unpaired) electrons. The van der Waals surface area contributed by atoms with Crippen LogP contribution in [0.15, 0.2) is 41.0 Å². The van der Waals surface area contributed by atoms with E-state index in [1.807, 2.05) is 0 Å². The van der Waals surface area contributed by atoms with Crippen molar-refractivity contribution in [3.63, 3.8) is 0 Å². The number of nitrogens with zero attached hydrogens (tertiary/aromatic N) is 2. The van der Waals surface area contributed by atoms with Gasteiger partial charge in [0.1, 0.15) is 17.5 Å². The van der Waals surface area contributed by atoms with Crippen molar-refractivity contribution >= 4 is 17.7 Å². The van der Waals surface area contributed by atoms with E-state index in [9.17, 15) is 38.5 Å². The monoisotopic (exact) mass is 582 g/mol. The maximum absolute atomic E-state index is 14.5. The zero-order valence-corrected chi connectivity index (χ0v) is 23.2. The molecule has 2 aliphatic rings. The molecule has 1 fully saturated rings. The second kappa shape index (κ2) is 14.6. The summed E-state index contributed by atoms with van der Waals surface area (Å²) >= 11 is 0. The average Bonchev–Trinajstić information content (AvgIpc) is 3.17. The molecule has 1 aromatic heterocycles. The summed E-state index contributed by atoms with van der Waals surface area (Å²) in [4.78, 5) is 41.3. The van der Waals surface area contributed by atoms with Crippen molar-refractivity contribution in [3.8, 4) is 0 Å². The number of aromatic nitrogens is 2. The highest BCUT2D eigenvalue weighted by Crippen LogP contribution is 2.42. The highest BCUT2D eigenvalue weighted by molar-refractivity contribution is 6.01. The van der Waals surface area contributed by atoms with Crippen molar-refractivity contribution in [1.82, 2.24) is 14.9 Å². The second-order valence-electron chi connectivity index (χ2n) is 10.6. The molecular weight excluding hydrogens is 542 g/mol. The lowest BCUT2D eigenvalue weighted by atomic mass is 9.86. The number of unbranched alkanes of at least 4 members (excludes halogenated alkanes) is 9. The van der Waals surface area contributed by atoms with Gasteiger partial charge in [0.25, 0.3) is 5.91 Å². The van der Waals surface area contributed by atoms with E-state index in [0.29, 0.717) is 11.0 Å². The van der Waals surface area contributed by atoms with Crippen LogP contribution < -0.4 is 16.3 Å². The molecule has 1 amide bonds. The van der Waals surface area contributed by atoms with Gasteiger partial charge in [-0.1, -0.05) is 71.1 Å². The van der Waals surface area contributed by atoms with Crippen LogP contribution in [0.25, 0.3) is 0 Å². The fourth-order valence-corrected chi connectivity index (χ4v) is 5.06. The number of carbonyl (C=O) groups is 2. The highest BCUT2D eigenvalue weighted by Gasteiger charge is 2.59. The number of amides is 1. The predicted octanol–water partition coefficient (Wildman–Crippen LogP) is 3.25. The van der Waals surface area contributed by atoms with Crippen LogP contribution >= 0.6 is 0 Å².